The molecule has 0 atom stereocenters. The number of likely N-dealkylation sites (tertiary alicyclic amines) is 1. The van der Waals surface area contributed by atoms with Gasteiger partial charge in [-0.1, -0.05) is 6.07 Å². The summed E-state index contributed by atoms with van der Waals surface area (Å²) in [7, 11) is 1.74. The first-order chi connectivity index (χ1) is 11.2. The van der Waals surface area contributed by atoms with E-state index in [2.05, 4.69) is 10.2 Å². The summed E-state index contributed by atoms with van der Waals surface area (Å²) >= 11 is 0. The van der Waals surface area contributed by atoms with Crippen LogP contribution in [0.5, 0.6) is 0 Å². The highest BCUT2D eigenvalue weighted by atomic mass is 19.1. The summed E-state index contributed by atoms with van der Waals surface area (Å²) in [6.45, 7) is 3.86. The number of methoxy groups -OCH3 is 1. The smallest absolute Gasteiger partial charge is 0.227 e. The number of rotatable bonds is 8. The van der Waals surface area contributed by atoms with Crippen LogP contribution in [0.3, 0.4) is 0 Å². The standard InChI is InChI=1S/C18H27FN2O2/c1-23-13-4-2-3-10-21-11-8-15(9-12-21)18(22)20-17-7-5-6-16(19)14-17/h5-7,14-15H,2-4,8-13H2,1H3,(H,20,22). The molecule has 0 aliphatic carbocycles. The Balaban J connectivity index is 1.66. The maximum Gasteiger partial charge on any atom is 0.227 e. The van der Waals surface area contributed by atoms with Crippen molar-refractivity contribution in [3.63, 3.8) is 0 Å². The Morgan fingerprint density at radius 1 is 1.30 bits per heavy atom. The van der Waals surface area contributed by atoms with E-state index < -0.39 is 0 Å². The lowest BCUT2D eigenvalue weighted by Gasteiger charge is -2.31. The number of hydrogen-bond donors (Lipinski definition) is 1. The number of amides is 1. The zero-order valence-electron chi connectivity index (χ0n) is 13.9. The van der Waals surface area contributed by atoms with Gasteiger partial charge in [-0.2, -0.15) is 0 Å². The topological polar surface area (TPSA) is 41.6 Å². The van der Waals surface area contributed by atoms with Gasteiger partial charge >= 0.3 is 0 Å². The number of nitrogens with zero attached hydrogens (tertiary/aromatic N) is 1. The van der Waals surface area contributed by atoms with Gasteiger partial charge in [-0.15, -0.1) is 0 Å². The summed E-state index contributed by atoms with van der Waals surface area (Å²) in [5.41, 5.74) is 0.538. The minimum Gasteiger partial charge on any atom is -0.385 e. The number of carbonyl (C=O) groups excluding carboxylic acids is 1. The van der Waals surface area contributed by atoms with Crippen molar-refractivity contribution in [1.82, 2.24) is 4.90 Å². The van der Waals surface area contributed by atoms with Crippen molar-refractivity contribution in [2.75, 3.05) is 38.7 Å². The van der Waals surface area contributed by atoms with Gasteiger partial charge < -0.3 is 15.0 Å². The highest BCUT2D eigenvalue weighted by Gasteiger charge is 2.24. The van der Waals surface area contributed by atoms with Crippen molar-refractivity contribution >= 4 is 11.6 Å². The lowest BCUT2D eigenvalue weighted by Crippen LogP contribution is -2.38. The molecule has 4 nitrogen and oxygen atoms in total. The summed E-state index contributed by atoms with van der Waals surface area (Å²) in [5.74, 6) is -0.288. The van der Waals surface area contributed by atoms with Crippen molar-refractivity contribution in [3.8, 4) is 0 Å². The van der Waals surface area contributed by atoms with Crippen LogP contribution >= 0.6 is 0 Å². The molecular weight excluding hydrogens is 295 g/mol. The average Bonchev–Trinajstić information content (AvgIpc) is 2.55. The SMILES string of the molecule is COCCCCCN1CCC(C(=O)Nc2cccc(F)c2)CC1. The Labute approximate surface area is 138 Å². The lowest BCUT2D eigenvalue weighted by molar-refractivity contribution is -0.121. The third kappa shape index (κ3) is 6.28. The van der Waals surface area contributed by atoms with Crippen LogP contribution in [0.25, 0.3) is 0 Å². The minimum absolute atomic E-state index is 0.00958. The van der Waals surface area contributed by atoms with Crippen LogP contribution in [0, 0.1) is 11.7 Å². The molecule has 2 rings (SSSR count). The van der Waals surface area contributed by atoms with Crippen LogP contribution in [0.15, 0.2) is 24.3 Å². The molecule has 1 amide bonds. The first-order valence-electron chi connectivity index (χ1n) is 8.47. The van der Waals surface area contributed by atoms with Crippen molar-refractivity contribution < 1.29 is 13.9 Å². The summed E-state index contributed by atoms with van der Waals surface area (Å²) < 4.78 is 18.2. The minimum atomic E-state index is -0.328. The summed E-state index contributed by atoms with van der Waals surface area (Å²) in [6.07, 6.45) is 5.23. The molecule has 0 unspecified atom stereocenters. The van der Waals surface area contributed by atoms with Crippen LogP contribution in [-0.4, -0.2) is 44.2 Å². The summed E-state index contributed by atoms with van der Waals surface area (Å²) in [5, 5.41) is 2.82. The van der Waals surface area contributed by atoms with Gasteiger partial charge in [0.15, 0.2) is 0 Å². The molecule has 128 valence electrons. The maximum atomic E-state index is 13.1. The fourth-order valence-electron chi connectivity index (χ4n) is 2.99. The Morgan fingerprint density at radius 2 is 2.09 bits per heavy atom. The molecule has 1 N–H and O–H groups in total. The third-order valence-corrected chi connectivity index (χ3v) is 4.37. The number of anilines is 1. The Morgan fingerprint density at radius 3 is 2.78 bits per heavy atom. The fraction of sp³-hybridized carbons (Fsp3) is 0.611. The molecule has 1 saturated heterocycles. The number of piperidine rings is 1. The molecule has 5 heteroatoms. The molecule has 1 fully saturated rings. The number of halogens is 1. The van der Waals surface area contributed by atoms with E-state index in [4.69, 9.17) is 4.74 Å². The first kappa shape index (κ1) is 17.9. The molecule has 1 aliphatic heterocycles. The highest BCUT2D eigenvalue weighted by Crippen LogP contribution is 2.20. The molecule has 0 spiro atoms. The lowest BCUT2D eigenvalue weighted by atomic mass is 9.95. The predicted molar refractivity (Wildman–Crippen MR) is 89.9 cm³/mol. The van der Waals surface area contributed by atoms with Crippen LogP contribution < -0.4 is 5.32 Å². The van der Waals surface area contributed by atoms with Crippen molar-refractivity contribution in [1.29, 1.82) is 0 Å². The Hall–Kier alpha value is -1.46. The van der Waals surface area contributed by atoms with Gasteiger partial charge in [-0.25, -0.2) is 4.39 Å². The normalized spacial score (nSPS) is 16.4. The number of nitrogens with one attached hydrogen (secondary N) is 1. The monoisotopic (exact) mass is 322 g/mol. The van der Waals surface area contributed by atoms with Crippen molar-refractivity contribution in [2.24, 2.45) is 5.92 Å². The van der Waals surface area contributed by atoms with Gasteiger partial charge in [0.05, 0.1) is 0 Å². The molecule has 1 heterocycles. The Kier molecular flexibility index (Phi) is 7.49. The number of carbonyl (C=O) groups is 1. The van der Waals surface area contributed by atoms with Crippen molar-refractivity contribution in [3.05, 3.63) is 30.1 Å². The second-order valence-corrected chi connectivity index (χ2v) is 6.17. The van der Waals surface area contributed by atoms with Crippen LogP contribution in [0.2, 0.25) is 0 Å². The van der Waals surface area contributed by atoms with Gasteiger partial charge in [0.2, 0.25) is 5.91 Å². The van der Waals surface area contributed by atoms with Gasteiger partial charge in [0.25, 0.3) is 0 Å². The van der Waals surface area contributed by atoms with Gasteiger partial charge in [0, 0.05) is 25.3 Å². The van der Waals surface area contributed by atoms with Crippen molar-refractivity contribution in [2.45, 2.75) is 32.1 Å². The number of unbranched alkanes of at least 4 members (excludes halogenated alkanes) is 2. The average molecular weight is 322 g/mol. The van der Waals surface area contributed by atoms with E-state index in [1.807, 2.05) is 0 Å². The first-order valence-corrected chi connectivity index (χ1v) is 8.47. The predicted octanol–water partition coefficient (Wildman–Crippen LogP) is 3.29. The molecule has 0 radical (unpaired) electrons. The fourth-order valence-corrected chi connectivity index (χ4v) is 2.99. The quantitative estimate of drug-likeness (QED) is 0.747. The molecule has 1 aromatic carbocycles. The van der Waals surface area contributed by atoms with E-state index >= 15 is 0 Å². The maximum absolute atomic E-state index is 13.1. The summed E-state index contributed by atoms with van der Waals surface area (Å²) in [4.78, 5) is 14.7. The molecule has 1 aliphatic rings. The number of benzene rings is 1. The van der Waals surface area contributed by atoms with Crippen LogP contribution in [0.4, 0.5) is 10.1 Å². The molecule has 0 saturated carbocycles. The Bertz CT molecular complexity index is 488. The van der Waals surface area contributed by atoms with Gasteiger partial charge in [-0.3, -0.25) is 4.79 Å². The van der Waals surface area contributed by atoms with E-state index in [9.17, 15) is 9.18 Å². The number of hydrogen-bond acceptors (Lipinski definition) is 3. The second-order valence-electron chi connectivity index (χ2n) is 6.17. The zero-order valence-corrected chi connectivity index (χ0v) is 13.9. The van der Waals surface area contributed by atoms with E-state index in [0.29, 0.717) is 5.69 Å². The van der Waals surface area contributed by atoms with Gasteiger partial charge in [-0.05, 0) is 69.9 Å². The van der Waals surface area contributed by atoms with Crippen LogP contribution in [-0.2, 0) is 9.53 Å². The molecule has 23 heavy (non-hydrogen) atoms. The number of ether oxygens (including phenoxy) is 1. The van der Waals surface area contributed by atoms with Crippen LogP contribution in [0.1, 0.15) is 32.1 Å². The molecule has 0 aromatic heterocycles. The van der Waals surface area contributed by atoms with E-state index in [0.717, 1.165) is 45.5 Å². The third-order valence-electron chi connectivity index (χ3n) is 4.37. The highest BCUT2D eigenvalue weighted by molar-refractivity contribution is 5.92. The second kappa shape index (κ2) is 9.63. The van der Waals surface area contributed by atoms with Gasteiger partial charge in [0.1, 0.15) is 5.82 Å². The van der Waals surface area contributed by atoms with E-state index in [1.54, 1.807) is 19.2 Å². The zero-order chi connectivity index (χ0) is 16.5. The van der Waals surface area contributed by atoms with E-state index in [-0.39, 0.29) is 17.6 Å². The van der Waals surface area contributed by atoms with E-state index in [1.165, 1.54) is 25.0 Å². The largest absolute Gasteiger partial charge is 0.385 e. The molecule has 0 bridgehead atoms. The summed E-state index contributed by atoms with van der Waals surface area (Å²) in [6, 6.07) is 6.06. The molecular formula is C18H27FN2O2. The molecule has 1 aromatic rings.